The van der Waals surface area contributed by atoms with Crippen LogP contribution >= 0.6 is 22.7 Å². The second-order valence-electron chi connectivity index (χ2n) is 10.1. The Morgan fingerprint density at radius 2 is 2.05 bits per heavy atom. The summed E-state index contributed by atoms with van der Waals surface area (Å²) < 4.78 is 6.34. The third kappa shape index (κ3) is 4.65. The van der Waals surface area contributed by atoms with Crippen molar-refractivity contribution in [3.8, 4) is 16.2 Å². The summed E-state index contributed by atoms with van der Waals surface area (Å²) in [5.41, 5.74) is 4.60. The summed E-state index contributed by atoms with van der Waals surface area (Å²) in [6.45, 7) is 3.27. The maximum atomic E-state index is 14.3. The van der Waals surface area contributed by atoms with Gasteiger partial charge in [0, 0.05) is 26.2 Å². The van der Waals surface area contributed by atoms with E-state index in [-0.39, 0.29) is 23.9 Å². The van der Waals surface area contributed by atoms with Gasteiger partial charge in [-0.2, -0.15) is 0 Å². The van der Waals surface area contributed by atoms with Gasteiger partial charge >= 0.3 is 0 Å². The molecule has 1 N–H and O–H groups in total. The van der Waals surface area contributed by atoms with E-state index in [2.05, 4.69) is 22.1 Å². The Morgan fingerprint density at radius 1 is 1.21 bits per heavy atom. The Bertz CT molecular complexity index is 1530. The molecule has 8 nitrogen and oxygen atoms in total. The Balaban J connectivity index is 1.29. The number of piperidine rings is 1. The van der Waals surface area contributed by atoms with E-state index in [1.807, 2.05) is 54.4 Å². The third-order valence-electron chi connectivity index (χ3n) is 8.00. The quantitative estimate of drug-likeness (QED) is 0.314. The average Bonchev–Trinajstić information content (AvgIpc) is 3.78. The first kappa shape index (κ1) is 25.8. The van der Waals surface area contributed by atoms with Gasteiger partial charge < -0.3 is 19.9 Å². The van der Waals surface area contributed by atoms with Gasteiger partial charge in [-0.15, -0.1) is 11.3 Å². The molecule has 2 aromatic carbocycles. The van der Waals surface area contributed by atoms with Crippen molar-refractivity contribution in [1.29, 1.82) is 0 Å². The van der Waals surface area contributed by atoms with Crippen molar-refractivity contribution in [2.45, 2.75) is 38.3 Å². The molecule has 2 amide bonds. The van der Waals surface area contributed by atoms with Crippen LogP contribution in [-0.4, -0.2) is 66.0 Å². The smallest absolute Gasteiger partial charge is 0.274 e. The molecule has 2 fully saturated rings. The van der Waals surface area contributed by atoms with Crippen molar-refractivity contribution in [2.75, 3.05) is 32.1 Å². The molecule has 0 unspecified atom stereocenters. The number of nitrogens with one attached hydrogen (secondary N) is 1. The fraction of sp³-hybridized carbons (Fsp3) is 0.379. The minimum atomic E-state index is -0.127. The average molecular weight is 562 g/mol. The number of nitrogens with zero attached hydrogens (tertiary/aromatic N) is 4. The third-order valence-corrected chi connectivity index (χ3v) is 10.1. The van der Waals surface area contributed by atoms with Gasteiger partial charge in [-0.25, -0.2) is 9.97 Å². The lowest BCUT2D eigenvalue weighted by Gasteiger charge is -2.35. The summed E-state index contributed by atoms with van der Waals surface area (Å²) in [6.07, 6.45) is 3.03. The lowest BCUT2D eigenvalue weighted by Crippen LogP contribution is -2.50. The first-order chi connectivity index (χ1) is 19.0. The van der Waals surface area contributed by atoms with Crippen LogP contribution in [0.3, 0.4) is 0 Å². The van der Waals surface area contributed by atoms with Gasteiger partial charge in [0.1, 0.15) is 11.4 Å². The Kier molecular flexibility index (Phi) is 6.99. The lowest BCUT2D eigenvalue weighted by atomic mass is 9.98. The summed E-state index contributed by atoms with van der Waals surface area (Å²) in [5.74, 6) is 0.921. The van der Waals surface area contributed by atoms with Crippen LogP contribution in [-0.2, 0) is 0 Å². The highest BCUT2D eigenvalue weighted by Gasteiger charge is 2.49. The van der Waals surface area contributed by atoms with Gasteiger partial charge in [-0.05, 0) is 61.9 Å². The summed E-state index contributed by atoms with van der Waals surface area (Å²) in [6, 6.07) is 13.5. The number of carbonyl (C=O) groups is 2. The van der Waals surface area contributed by atoms with Crippen molar-refractivity contribution in [1.82, 2.24) is 20.2 Å². The number of fused-ring (bicyclic) bond motifs is 3. The summed E-state index contributed by atoms with van der Waals surface area (Å²) >= 11 is 2.99. The Hall–Kier alpha value is -3.50. The van der Waals surface area contributed by atoms with Gasteiger partial charge in [-0.3, -0.25) is 9.59 Å². The number of rotatable bonds is 8. The van der Waals surface area contributed by atoms with Gasteiger partial charge in [0.25, 0.3) is 11.8 Å². The van der Waals surface area contributed by atoms with Crippen LogP contribution < -0.4 is 15.0 Å². The molecule has 3 heterocycles. The van der Waals surface area contributed by atoms with Gasteiger partial charge in [-0.1, -0.05) is 29.5 Å². The number of aromatic nitrogens is 2. The molecule has 1 saturated carbocycles. The molecule has 1 aliphatic heterocycles. The zero-order chi connectivity index (χ0) is 27.1. The molecule has 2 aromatic heterocycles. The normalized spacial score (nSPS) is 20.0. The van der Waals surface area contributed by atoms with Gasteiger partial charge in [0.05, 0.1) is 39.3 Å². The van der Waals surface area contributed by atoms with E-state index >= 15 is 0 Å². The summed E-state index contributed by atoms with van der Waals surface area (Å²) in [5, 5.41) is 3.95. The molecule has 2 aliphatic rings. The Morgan fingerprint density at radius 3 is 2.87 bits per heavy atom. The molecule has 1 aliphatic carbocycles. The topological polar surface area (TPSA) is 87.7 Å². The lowest BCUT2D eigenvalue weighted by molar-refractivity contribution is 0.0578. The van der Waals surface area contributed by atoms with Crippen LogP contribution in [0.1, 0.15) is 47.0 Å². The van der Waals surface area contributed by atoms with Crippen molar-refractivity contribution >= 4 is 49.8 Å². The SMILES string of the molecule is CCN(C)c1nc(C(=O)N2[C@H]3CC[C@H](C3)[C@@H]2CNC(=O)c2cccc3ncsc23)c(-c2cccc(OC)c2)s1. The number of methoxy groups -OCH3 is 1. The van der Waals surface area contributed by atoms with Gasteiger partial charge in [0.15, 0.2) is 5.13 Å². The minimum Gasteiger partial charge on any atom is -0.497 e. The molecule has 0 spiro atoms. The molecule has 39 heavy (non-hydrogen) atoms. The Labute approximate surface area is 235 Å². The zero-order valence-electron chi connectivity index (χ0n) is 22.2. The maximum absolute atomic E-state index is 14.3. The molecule has 10 heteroatoms. The second-order valence-corrected chi connectivity index (χ2v) is 12.0. The molecular weight excluding hydrogens is 530 g/mol. The van der Waals surface area contributed by atoms with Crippen LogP contribution in [0.15, 0.2) is 48.0 Å². The molecule has 6 rings (SSSR count). The van der Waals surface area contributed by atoms with E-state index in [4.69, 9.17) is 9.72 Å². The number of amides is 2. The number of hydrogen-bond donors (Lipinski definition) is 1. The molecule has 0 radical (unpaired) electrons. The first-order valence-electron chi connectivity index (χ1n) is 13.3. The second kappa shape index (κ2) is 10.6. The minimum absolute atomic E-state index is 0.0594. The monoisotopic (exact) mass is 561 g/mol. The van der Waals surface area contributed by atoms with Crippen molar-refractivity contribution < 1.29 is 14.3 Å². The highest BCUT2D eigenvalue weighted by Crippen LogP contribution is 2.45. The number of likely N-dealkylation sites (tertiary alicyclic amines) is 1. The van der Waals surface area contributed by atoms with Crippen molar-refractivity contribution in [2.24, 2.45) is 5.92 Å². The zero-order valence-corrected chi connectivity index (χ0v) is 23.8. The van der Waals surface area contributed by atoms with Crippen LogP contribution in [0.5, 0.6) is 5.75 Å². The van der Waals surface area contributed by atoms with E-state index in [1.54, 1.807) is 12.6 Å². The number of anilines is 1. The van der Waals surface area contributed by atoms with Crippen molar-refractivity contribution in [3.05, 3.63) is 59.2 Å². The summed E-state index contributed by atoms with van der Waals surface area (Å²) in [4.78, 5) is 41.6. The standard InChI is InChI=1S/C29H31N5O3S2/c1-4-33(2)29-32-24(25(39-29)18-7-5-8-20(14-18)37-3)28(36)34-19-12-11-17(13-19)23(34)15-30-27(35)21-9-6-10-22-26(21)38-16-31-22/h5-10,14,16-17,19,23H,4,11-13,15H2,1-3H3,(H,30,35)/t17-,19+,23+/m1/s1. The highest BCUT2D eigenvalue weighted by atomic mass is 32.1. The highest BCUT2D eigenvalue weighted by molar-refractivity contribution is 7.19. The van der Waals surface area contributed by atoms with Crippen LogP contribution in [0.4, 0.5) is 5.13 Å². The number of benzene rings is 2. The number of ether oxygens (including phenoxy) is 1. The van der Waals surface area contributed by atoms with E-state index in [9.17, 15) is 9.59 Å². The predicted molar refractivity (Wildman–Crippen MR) is 156 cm³/mol. The molecule has 1 saturated heterocycles. The van der Waals surface area contributed by atoms with E-state index in [0.29, 0.717) is 23.7 Å². The fourth-order valence-electron chi connectivity index (χ4n) is 5.87. The molecule has 202 valence electrons. The summed E-state index contributed by atoms with van der Waals surface area (Å²) in [7, 11) is 3.63. The van der Waals surface area contributed by atoms with Gasteiger partial charge in [0.2, 0.25) is 0 Å². The number of thiazole rings is 2. The molecule has 3 atom stereocenters. The van der Waals surface area contributed by atoms with E-state index < -0.39 is 0 Å². The maximum Gasteiger partial charge on any atom is 0.274 e. The van der Waals surface area contributed by atoms with E-state index in [1.165, 1.54) is 22.7 Å². The molecule has 2 bridgehead atoms. The molecular formula is C29H31N5O3S2. The van der Waals surface area contributed by atoms with Crippen LogP contribution in [0.2, 0.25) is 0 Å². The largest absolute Gasteiger partial charge is 0.497 e. The van der Waals surface area contributed by atoms with E-state index in [0.717, 1.165) is 57.3 Å². The fourth-order valence-corrected chi connectivity index (χ4v) is 7.74. The predicted octanol–water partition coefficient (Wildman–Crippen LogP) is 5.31. The van der Waals surface area contributed by atoms with Crippen molar-refractivity contribution in [3.63, 3.8) is 0 Å². The van der Waals surface area contributed by atoms with Crippen LogP contribution in [0.25, 0.3) is 20.7 Å². The first-order valence-corrected chi connectivity index (χ1v) is 15.0. The number of hydrogen-bond acceptors (Lipinski definition) is 8. The molecule has 4 aromatic rings. The number of carbonyl (C=O) groups excluding carboxylic acids is 2. The van der Waals surface area contributed by atoms with Crippen LogP contribution in [0, 0.1) is 5.92 Å².